The average molecular weight is 362 g/mol. The number of carbonyl (C=O) groups excluding carboxylic acids is 4. The quantitative estimate of drug-likeness (QED) is 0.196. The van der Waals surface area contributed by atoms with Gasteiger partial charge in [0.15, 0.2) is 0 Å². The fourth-order valence-corrected chi connectivity index (χ4v) is 0.904. The SMILES string of the molecule is NC(CNC(=O)OC(=O)C(=O)OC(=O)NCC(N)C(F)F)C(F)F. The Bertz CT molecular complexity index is 436. The Hall–Kier alpha value is -2.48. The molecule has 0 heterocycles. The molecular formula is C10H14F4N4O6. The fourth-order valence-electron chi connectivity index (χ4n) is 0.904. The molecule has 24 heavy (non-hydrogen) atoms. The molecule has 0 bridgehead atoms. The Balaban J connectivity index is 4.16. The van der Waals surface area contributed by atoms with Crippen LogP contribution in [0.2, 0.25) is 0 Å². The topological polar surface area (TPSA) is 163 Å². The van der Waals surface area contributed by atoms with Crippen LogP contribution in [0, 0.1) is 0 Å². The predicted octanol–water partition coefficient (Wildman–Crippen LogP) is -1.32. The minimum absolute atomic E-state index is 0.759. The maximum atomic E-state index is 12.0. The molecule has 0 aliphatic carbocycles. The molecule has 14 heteroatoms. The lowest BCUT2D eigenvalue weighted by molar-refractivity contribution is -0.160. The normalized spacial score (nSPS) is 13.2. The van der Waals surface area contributed by atoms with Crippen molar-refractivity contribution in [2.24, 2.45) is 11.5 Å². The van der Waals surface area contributed by atoms with Crippen LogP contribution in [0.4, 0.5) is 27.2 Å². The number of nitrogens with two attached hydrogens (primary N) is 2. The summed E-state index contributed by atoms with van der Waals surface area (Å²) in [6.45, 7) is -1.52. The molecule has 0 saturated carbocycles. The van der Waals surface area contributed by atoms with Crippen LogP contribution >= 0.6 is 0 Å². The van der Waals surface area contributed by atoms with Gasteiger partial charge in [0, 0.05) is 13.1 Å². The number of ether oxygens (including phenoxy) is 2. The van der Waals surface area contributed by atoms with Crippen molar-refractivity contribution in [1.29, 1.82) is 0 Å². The van der Waals surface area contributed by atoms with E-state index in [1.807, 2.05) is 0 Å². The van der Waals surface area contributed by atoms with Crippen LogP contribution in [0.15, 0.2) is 0 Å². The summed E-state index contributed by atoms with van der Waals surface area (Å²) < 4.78 is 55.8. The molecule has 6 N–H and O–H groups in total. The van der Waals surface area contributed by atoms with Crippen LogP contribution in [-0.4, -0.2) is 62.1 Å². The number of nitrogens with one attached hydrogen (secondary N) is 2. The molecule has 0 aromatic carbocycles. The zero-order chi connectivity index (χ0) is 18.9. The van der Waals surface area contributed by atoms with Crippen LogP contribution in [0.25, 0.3) is 0 Å². The van der Waals surface area contributed by atoms with E-state index in [0.717, 1.165) is 0 Å². The lowest BCUT2D eigenvalue weighted by Crippen LogP contribution is -2.44. The fraction of sp³-hybridized carbons (Fsp3) is 0.600. The molecule has 0 aliphatic rings. The van der Waals surface area contributed by atoms with Gasteiger partial charge in [-0.1, -0.05) is 0 Å². The molecule has 2 amide bonds. The molecule has 0 aromatic rings. The summed E-state index contributed by atoms with van der Waals surface area (Å²) in [5.74, 6) is -3.90. The summed E-state index contributed by atoms with van der Waals surface area (Å²) in [4.78, 5) is 44.1. The molecular weight excluding hydrogens is 348 g/mol. The molecule has 0 saturated heterocycles. The van der Waals surface area contributed by atoms with Crippen LogP contribution < -0.4 is 22.1 Å². The van der Waals surface area contributed by atoms with Crippen molar-refractivity contribution in [3.8, 4) is 0 Å². The highest BCUT2D eigenvalue weighted by atomic mass is 19.3. The van der Waals surface area contributed by atoms with Gasteiger partial charge in [0.25, 0.3) is 12.9 Å². The van der Waals surface area contributed by atoms with Crippen molar-refractivity contribution >= 4 is 24.1 Å². The third kappa shape index (κ3) is 8.84. The van der Waals surface area contributed by atoms with Crippen molar-refractivity contribution in [3.05, 3.63) is 0 Å². The second-order valence-electron chi connectivity index (χ2n) is 4.11. The minimum atomic E-state index is -2.95. The van der Waals surface area contributed by atoms with Gasteiger partial charge < -0.3 is 31.6 Å². The Kier molecular flexibility index (Phi) is 9.26. The number of carbonyl (C=O) groups is 4. The number of alkyl carbamates (subject to hydrolysis) is 2. The van der Waals surface area contributed by atoms with Gasteiger partial charge in [-0.05, 0) is 0 Å². The number of rotatable bonds is 6. The molecule has 0 aromatic heterocycles. The van der Waals surface area contributed by atoms with E-state index < -0.39 is 62.1 Å². The molecule has 2 unspecified atom stereocenters. The predicted molar refractivity (Wildman–Crippen MR) is 66.9 cm³/mol. The maximum Gasteiger partial charge on any atom is 0.426 e. The van der Waals surface area contributed by atoms with Gasteiger partial charge in [0.05, 0.1) is 12.1 Å². The van der Waals surface area contributed by atoms with Crippen molar-refractivity contribution in [1.82, 2.24) is 10.6 Å². The Morgan fingerprint density at radius 3 is 1.29 bits per heavy atom. The van der Waals surface area contributed by atoms with Crippen molar-refractivity contribution in [2.75, 3.05) is 13.1 Å². The lowest BCUT2D eigenvalue weighted by Gasteiger charge is -2.11. The highest BCUT2D eigenvalue weighted by molar-refractivity contribution is 6.33. The summed E-state index contributed by atoms with van der Waals surface area (Å²) in [5, 5.41) is 3.32. The number of hydrogen-bond donors (Lipinski definition) is 4. The van der Waals surface area contributed by atoms with Gasteiger partial charge in [-0.3, -0.25) is 0 Å². The van der Waals surface area contributed by atoms with Gasteiger partial charge >= 0.3 is 24.1 Å². The Morgan fingerprint density at radius 1 is 0.750 bits per heavy atom. The van der Waals surface area contributed by atoms with Crippen LogP contribution in [0.3, 0.4) is 0 Å². The van der Waals surface area contributed by atoms with E-state index in [9.17, 15) is 36.7 Å². The highest BCUT2D eigenvalue weighted by Gasteiger charge is 2.26. The monoisotopic (exact) mass is 362 g/mol. The van der Waals surface area contributed by atoms with Gasteiger partial charge in [0.2, 0.25) is 0 Å². The second kappa shape index (κ2) is 10.3. The highest BCUT2D eigenvalue weighted by Crippen LogP contribution is 1.97. The number of alkyl halides is 4. The van der Waals surface area contributed by atoms with Gasteiger partial charge in [0.1, 0.15) is 0 Å². The van der Waals surface area contributed by atoms with E-state index in [1.54, 1.807) is 10.6 Å². The summed E-state index contributed by atoms with van der Waals surface area (Å²) in [7, 11) is 0. The standard InChI is InChI=1S/C10H14F4N4O6/c11-5(12)3(15)1-17-9(21)23-7(19)8(20)24-10(22)18-2-4(16)6(13)14/h3-6H,1-2,15-16H2,(H,17,21)(H,18,22). The lowest BCUT2D eigenvalue weighted by atomic mass is 10.3. The number of halogens is 4. The van der Waals surface area contributed by atoms with Crippen LogP contribution in [0.1, 0.15) is 0 Å². The van der Waals surface area contributed by atoms with E-state index in [0.29, 0.717) is 0 Å². The third-order valence-electron chi connectivity index (χ3n) is 2.15. The first-order chi connectivity index (χ1) is 11.0. The summed E-state index contributed by atoms with van der Waals surface area (Å²) in [5.41, 5.74) is 9.77. The first-order valence-corrected chi connectivity index (χ1v) is 6.11. The molecule has 0 radical (unpaired) electrons. The second-order valence-corrected chi connectivity index (χ2v) is 4.11. The summed E-state index contributed by atoms with van der Waals surface area (Å²) >= 11 is 0. The number of amides is 2. The molecule has 0 fully saturated rings. The zero-order valence-corrected chi connectivity index (χ0v) is 11.8. The molecule has 138 valence electrons. The van der Waals surface area contributed by atoms with E-state index >= 15 is 0 Å². The first kappa shape index (κ1) is 21.5. The smallest absolute Gasteiger partial charge is 0.368 e. The Morgan fingerprint density at radius 2 is 1.04 bits per heavy atom. The van der Waals surface area contributed by atoms with Gasteiger partial charge in [-0.15, -0.1) is 0 Å². The van der Waals surface area contributed by atoms with Crippen LogP contribution in [0.5, 0.6) is 0 Å². The van der Waals surface area contributed by atoms with Gasteiger partial charge in [-0.2, -0.15) is 0 Å². The van der Waals surface area contributed by atoms with E-state index in [-0.39, 0.29) is 0 Å². The zero-order valence-electron chi connectivity index (χ0n) is 11.8. The third-order valence-corrected chi connectivity index (χ3v) is 2.15. The average Bonchev–Trinajstić information content (AvgIpc) is 2.49. The molecule has 10 nitrogen and oxygen atoms in total. The number of hydrogen-bond acceptors (Lipinski definition) is 8. The van der Waals surface area contributed by atoms with E-state index in [2.05, 4.69) is 9.47 Å². The molecule has 2 atom stereocenters. The van der Waals surface area contributed by atoms with Crippen molar-refractivity contribution < 1.29 is 46.2 Å². The molecule has 0 aliphatic heterocycles. The van der Waals surface area contributed by atoms with Crippen molar-refractivity contribution in [2.45, 2.75) is 24.9 Å². The van der Waals surface area contributed by atoms with E-state index in [4.69, 9.17) is 11.5 Å². The largest absolute Gasteiger partial charge is 0.426 e. The summed E-state index contributed by atoms with van der Waals surface area (Å²) in [6.07, 6.45) is -9.08. The van der Waals surface area contributed by atoms with E-state index in [1.165, 1.54) is 0 Å². The van der Waals surface area contributed by atoms with Crippen LogP contribution in [-0.2, 0) is 19.1 Å². The Labute approximate surface area is 131 Å². The minimum Gasteiger partial charge on any atom is -0.368 e. The first-order valence-electron chi connectivity index (χ1n) is 6.11. The van der Waals surface area contributed by atoms with Gasteiger partial charge in [-0.25, -0.2) is 36.7 Å². The summed E-state index contributed by atoms with van der Waals surface area (Å²) in [6, 6.07) is -3.46. The van der Waals surface area contributed by atoms with Crippen molar-refractivity contribution in [3.63, 3.8) is 0 Å². The molecule has 0 rings (SSSR count). The maximum absolute atomic E-state index is 12.0. The number of esters is 2. The molecule has 0 spiro atoms.